The van der Waals surface area contributed by atoms with Crippen molar-refractivity contribution in [2.24, 2.45) is 0 Å². The number of anilines is 1. The van der Waals surface area contributed by atoms with Crippen LogP contribution in [0.2, 0.25) is 0 Å². The van der Waals surface area contributed by atoms with Crippen LogP contribution < -0.4 is 9.62 Å². The lowest BCUT2D eigenvalue weighted by Crippen LogP contribution is -2.32. The summed E-state index contributed by atoms with van der Waals surface area (Å²) in [6, 6.07) is 12.5. The molecule has 0 atom stereocenters. The van der Waals surface area contributed by atoms with E-state index in [1.165, 1.54) is 10.4 Å². The molecule has 0 saturated carbocycles. The van der Waals surface area contributed by atoms with Crippen molar-refractivity contribution in [2.75, 3.05) is 16.6 Å². The number of nitrogens with one attached hydrogen (secondary N) is 1. The highest BCUT2D eigenvalue weighted by molar-refractivity contribution is 7.92. The third-order valence-electron chi connectivity index (χ3n) is 3.80. The van der Waals surface area contributed by atoms with Crippen LogP contribution in [0.1, 0.15) is 29.8 Å². The Kier molecular flexibility index (Phi) is 6.14. The smallest absolute Gasteiger partial charge is 0.251 e. The van der Waals surface area contributed by atoms with Gasteiger partial charge in [0.15, 0.2) is 0 Å². The van der Waals surface area contributed by atoms with Crippen LogP contribution in [0.15, 0.2) is 48.5 Å². The minimum atomic E-state index is -3.36. The fourth-order valence-electron chi connectivity index (χ4n) is 2.39. The molecule has 25 heavy (non-hydrogen) atoms. The zero-order chi connectivity index (χ0) is 18.4. The molecule has 0 radical (unpaired) electrons. The van der Waals surface area contributed by atoms with Crippen LogP contribution >= 0.6 is 0 Å². The molecule has 0 aliphatic heterocycles. The van der Waals surface area contributed by atoms with E-state index in [0.717, 1.165) is 0 Å². The normalized spacial score (nSPS) is 11.2. The first-order valence-electron chi connectivity index (χ1n) is 8.01. The summed E-state index contributed by atoms with van der Waals surface area (Å²) in [5.41, 5.74) is 1.29. The Morgan fingerprint density at radius 1 is 1.08 bits per heavy atom. The van der Waals surface area contributed by atoms with Gasteiger partial charge in [-0.2, -0.15) is 0 Å². The van der Waals surface area contributed by atoms with E-state index in [-0.39, 0.29) is 24.0 Å². The predicted octanol–water partition coefficient (Wildman–Crippen LogP) is 2.93. The van der Waals surface area contributed by atoms with Crippen LogP contribution in [-0.2, 0) is 16.6 Å². The van der Waals surface area contributed by atoms with E-state index >= 15 is 0 Å². The molecule has 2 aromatic rings. The monoisotopic (exact) mass is 364 g/mol. The van der Waals surface area contributed by atoms with Crippen molar-refractivity contribution in [1.82, 2.24) is 5.32 Å². The summed E-state index contributed by atoms with van der Waals surface area (Å²) in [6.07, 6.45) is 0. The Labute approximate surface area is 147 Å². The summed E-state index contributed by atoms with van der Waals surface area (Å²) in [7, 11) is -3.36. The van der Waals surface area contributed by atoms with Gasteiger partial charge in [0.05, 0.1) is 11.4 Å². The van der Waals surface area contributed by atoms with E-state index < -0.39 is 10.0 Å². The highest BCUT2D eigenvalue weighted by Gasteiger charge is 2.19. The maximum atomic E-state index is 13.6. The Hall–Kier alpha value is -2.41. The number of hydrogen-bond donors (Lipinski definition) is 1. The second-order valence-corrected chi connectivity index (χ2v) is 7.57. The van der Waals surface area contributed by atoms with Gasteiger partial charge in [-0.05, 0) is 44.2 Å². The van der Waals surface area contributed by atoms with Crippen molar-refractivity contribution in [1.29, 1.82) is 0 Å². The van der Waals surface area contributed by atoms with Gasteiger partial charge in [-0.3, -0.25) is 9.10 Å². The van der Waals surface area contributed by atoms with Gasteiger partial charge in [-0.1, -0.05) is 18.2 Å². The van der Waals surface area contributed by atoms with E-state index in [4.69, 9.17) is 0 Å². The quantitative estimate of drug-likeness (QED) is 0.821. The number of rotatable bonds is 7. The largest absolute Gasteiger partial charge is 0.348 e. The van der Waals surface area contributed by atoms with Gasteiger partial charge in [0.25, 0.3) is 5.91 Å². The molecule has 0 bridgehead atoms. The molecule has 0 aliphatic rings. The standard InChI is InChI=1S/C18H21FN2O3S/c1-3-21(25(23,24)4-2)16-11-9-14(10-12-16)18(22)20-13-15-7-5-6-8-17(15)19/h5-12H,3-4,13H2,1-2H3,(H,20,22). The van der Waals surface area contributed by atoms with Crippen LogP contribution in [0.5, 0.6) is 0 Å². The molecular weight excluding hydrogens is 343 g/mol. The molecule has 2 rings (SSSR count). The number of hydrogen-bond acceptors (Lipinski definition) is 3. The third-order valence-corrected chi connectivity index (χ3v) is 5.67. The SMILES string of the molecule is CCN(c1ccc(C(=O)NCc2ccccc2F)cc1)S(=O)(=O)CC. The minimum Gasteiger partial charge on any atom is -0.348 e. The average Bonchev–Trinajstić information content (AvgIpc) is 2.62. The van der Waals surface area contributed by atoms with Gasteiger partial charge in [0.2, 0.25) is 10.0 Å². The maximum Gasteiger partial charge on any atom is 0.251 e. The molecule has 0 spiro atoms. The summed E-state index contributed by atoms with van der Waals surface area (Å²) in [5, 5.41) is 2.65. The first kappa shape index (κ1) is 18.9. The lowest BCUT2D eigenvalue weighted by atomic mass is 10.1. The van der Waals surface area contributed by atoms with Crippen molar-refractivity contribution in [3.05, 3.63) is 65.5 Å². The first-order valence-corrected chi connectivity index (χ1v) is 9.62. The van der Waals surface area contributed by atoms with E-state index in [1.54, 1.807) is 56.3 Å². The number of amides is 1. The van der Waals surface area contributed by atoms with Crippen LogP contribution in [-0.4, -0.2) is 26.6 Å². The molecule has 7 heteroatoms. The average molecular weight is 364 g/mol. The van der Waals surface area contributed by atoms with Crippen LogP contribution in [0, 0.1) is 5.82 Å². The fraction of sp³-hybridized carbons (Fsp3) is 0.278. The summed E-state index contributed by atoms with van der Waals surface area (Å²) in [6.45, 7) is 3.73. The zero-order valence-corrected chi connectivity index (χ0v) is 15.0. The van der Waals surface area contributed by atoms with E-state index in [1.807, 2.05) is 0 Å². The predicted molar refractivity (Wildman–Crippen MR) is 96.5 cm³/mol. The number of carbonyl (C=O) groups excluding carboxylic acids is 1. The van der Waals surface area contributed by atoms with Gasteiger partial charge in [0.1, 0.15) is 5.82 Å². The molecule has 1 amide bonds. The molecule has 5 nitrogen and oxygen atoms in total. The van der Waals surface area contributed by atoms with Crippen molar-refractivity contribution >= 4 is 21.6 Å². The van der Waals surface area contributed by atoms with Gasteiger partial charge in [-0.15, -0.1) is 0 Å². The minimum absolute atomic E-state index is 0.00567. The van der Waals surface area contributed by atoms with Crippen molar-refractivity contribution in [2.45, 2.75) is 20.4 Å². The molecular formula is C18H21FN2O3S. The third kappa shape index (κ3) is 4.57. The van der Waals surface area contributed by atoms with Crippen molar-refractivity contribution in [3.8, 4) is 0 Å². The number of carbonyl (C=O) groups is 1. The Morgan fingerprint density at radius 3 is 2.28 bits per heavy atom. The summed E-state index contributed by atoms with van der Waals surface area (Å²) in [4.78, 5) is 12.2. The molecule has 0 fully saturated rings. The first-order chi connectivity index (χ1) is 11.9. The zero-order valence-electron chi connectivity index (χ0n) is 14.2. The summed E-state index contributed by atoms with van der Waals surface area (Å²) < 4.78 is 39.0. The van der Waals surface area contributed by atoms with Gasteiger partial charge in [-0.25, -0.2) is 12.8 Å². The lowest BCUT2D eigenvalue weighted by Gasteiger charge is -2.22. The second kappa shape index (κ2) is 8.11. The Balaban J connectivity index is 2.09. The molecule has 0 saturated heterocycles. The number of nitrogens with zero attached hydrogens (tertiary/aromatic N) is 1. The molecule has 0 aromatic heterocycles. The molecule has 0 heterocycles. The highest BCUT2D eigenvalue weighted by atomic mass is 32.2. The maximum absolute atomic E-state index is 13.6. The second-order valence-electron chi connectivity index (χ2n) is 5.39. The van der Waals surface area contributed by atoms with Crippen molar-refractivity contribution < 1.29 is 17.6 Å². The van der Waals surface area contributed by atoms with Gasteiger partial charge >= 0.3 is 0 Å². The van der Waals surface area contributed by atoms with E-state index in [0.29, 0.717) is 23.4 Å². The summed E-state index contributed by atoms with van der Waals surface area (Å²) in [5.74, 6) is -0.719. The number of sulfonamides is 1. The van der Waals surface area contributed by atoms with E-state index in [2.05, 4.69) is 5.32 Å². The molecule has 1 N–H and O–H groups in total. The lowest BCUT2D eigenvalue weighted by molar-refractivity contribution is 0.0950. The van der Waals surface area contributed by atoms with Gasteiger partial charge < -0.3 is 5.32 Å². The topological polar surface area (TPSA) is 66.5 Å². The molecule has 0 aliphatic carbocycles. The summed E-state index contributed by atoms with van der Waals surface area (Å²) >= 11 is 0. The molecule has 134 valence electrons. The van der Waals surface area contributed by atoms with Gasteiger partial charge in [0, 0.05) is 24.2 Å². The van der Waals surface area contributed by atoms with Crippen molar-refractivity contribution in [3.63, 3.8) is 0 Å². The Bertz CT molecular complexity index is 836. The van der Waals surface area contributed by atoms with E-state index in [9.17, 15) is 17.6 Å². The molecule has 2 aromatic carbocycles. The fourth-order valence-corrected chi connectivity index (χ4v) is 3.54. The number of halogens is 1. The van der Waals surface area contributed by atoms with Crippen LogP contribution in [0.25, 0.3) is 0 Å². The van der Waals surface area contributed by atoms with Crippen LogP contribution in [0.3, 0.4) is 0 Å². The molecule has 0 unspecified atom stereocenters. The van der Waals surface area contributed by atoms with Crippen LogP contribution in [0.4, 0.5) is 10.1 Å². The highest BCUT2D eigenvalue weighted by Crippen LogP contribution is 2.19. The number of benzene rings is 2. The Morgan fingerprint density at radius 2 is 1.72 bits per heavy atom.